The topological polar surface area (TPSA) is 79.2 Å². The van der Waals surface area contributed by atoms with E-state index in [0.717, 1.165) is 4.47 Å². The maximum absolute atomic E-state index is 12.8. The Morgan fingerprint density at radius 2 is 1.56 bits per heavy atom. The molecule has 7 nitrogen and oxygen atoms in total. The molecule has 3 aromatic rings. The van der Waals surface area contributed by atoms with Crippen LogP contribution in [0.4, 0.5) is 5.69 Å². The average molecular weight is 520 g/mol. The second kappa shape index (κ2) is 9.70. The lowest BCUT2D eigenvalue weighted by Crippen LogP contribution is -2.37. The quantitative estimate of drug-likeness (QED) is 0.387. The largest absolute Gasteiger partial charge is 0.496 e. The minimum absolute atomic E-state index is 0.0809. The molecule has 0 unspecified atom stereocenters. The number of benzene rings is 2. The SMILES string of the molecule is COc1cc(OC)c(NC(=O)c2ccc(Oc3cc([Si](C)(C)C)ccc3Br)o2)c(OC)c1. The molecule has 0 aliphatic rings. The maximum Gasteiger partial charge on any atom is 0.291 e. The van der Waals surface area contributed by atoms with Crippen LogP contribution in [0, 0.1) is 0 Å². The molecule has 1 heterocycles. The highest BCUT2D eigenvalue weighted by molar-refractivity contribution is 9.10. The predicted octanol–water partition coefficient (Wildman–Crippen LogP) is 5.66. The summed E-state index contributed by atoms with van der Waals surface area (Å²) >= 11 is 3.51. The molecule has 0 spiro atoms. The zero-order chi connectivity index (χ0) is 23.5. The van der Waals surface area contributed by atoms with Crippen molar-refractivity contribution in [1.82, 2.24) is 0 Å². The van der Waals surface area contributed by atoms with Crippen molar-refractivity contribution in [2.75, 3.05) is 26.6 Å². The van der Waals surface area contributed by atoms with Crippen LogP contribution in [-0.4, -0.2) is 35.3 Å². The van der Waals surface area contributed by atoms with Crippen LogP contribution < -0.4 is 29.5 Å². The molecule has 0 saturated carbocycles. The van der Waals surface area contributed by atoms with E-state index in [9.17, 15) is 4.79 Å². The first-order chi connectivity index (χ1) is 15.2. The van der Waals surface area contributed by atoms with Crippen LogP contribution in [0.15, 0.2) is 51.4 Å². The number of ether oxygens (including phenoxy) is 4. The van der Waals surface area contributed by atoms with Crippen LogP contribution >= 0.6 is 15.9 Å². The number of anilines is 1. The third-order valence-corrected chi connectivity index (χ3v) is 7.46. The normalized spacial score (nSPS) is 11.1. The molecule has 1 N–H and O–H groups in total. The molecule has 0 radical (unpaired) electrons. The summed E-state index contributed by atoms with van der Waals surface area (Å²) in [6, 6.07) is 12.5. The van der Waals surface area contributed by atoms with Crippen LogP contribution in [0.1, 0.15) is 10.6 Å². The van der Waals surface area contributed by atoms with Gasteiger partial charge in [-0.1, -0.05) is 30.9 Å². The van der Waals surface area contributed by atoms with E-state index in [1.807, 2.05) is 12.1 Å². The van der Waals surface area contributed by atoms with E-state index >= 15 is 0 Å². The molecule has 0 bridgehead atoms. The number of rotatable bonds is 8. The standard InChI is InChI=1S/C23H26BrNO6Si/c1-27-14-11-19(28-2)22(20(12-14)29-3)25-23(26)17-9-10-21(30-17)31-18-13-15(32(4,5)6)7-8-16(18)24/h7-13H,1-6H3,(H,25,26). The first-order valence-corrected chi connectivity index (χ1v) is 14.1. The van der Waals surface area contributed by atoms with Gasteiger partial charge in [0, 0.05) is 18.2 Å². The molecule has 0 saturated heterocycles. The molecule has 1 aromatic heterocycles. The Labute approximate surface area is 196 Å². The first-order valence-electron chi connectivity index (χ1n) is 9.85. The van der Waals surface area contributed by atoms with Crippen molar-refractivity contribution in [1.29, 1.82) is 0 Å². The van der Waals surface area contributed by atoms with Gasteiger partial charge in [-0.3, -0.25) is 4.79 Å². The van der Waals surface area contributed by atoms with Crippen molar-refractivity contribution in [3.63, 3.8) is 0 Å². The van der Waals surface area contributed by atoms with Gasteiger partial charge in [-0.2, -0.15) is 0 Å². The number of carbonyl (C=O) groups excluding carboxylic acids is 1. The molecule has 9 heteroatoms. The zero-order valence-electron chi connectivity index (χ0n) is 18.9. The first kappa shape index (κ1) is 23.7. The highest BCUT2D eigenvalue weighted by atomic mass is 79.9. The van der Waals surface area contributed by atoms with Gasteiger partial charge in [0.15, 0.2) is 5.76 Å². The minimum atomic E-state index is -1.51. The summed E-state index contributed by atoms with van der Waals surface area (Å²) in [4.78, 5) is 12.8. The molecule has 3 rings (SSSR count). The molecular weight excluding hydrogens is 494 g/mol. The van der Waals surface area contributed by atoms with E-state index in [2.05, 4.69) is 47.0 Å². The van der Waals surface area contributed by atoms with Crippen LogP contribution in [0.5, 0.6) is 28.9 Å². The summed E-state index contributed by atoms with van der Waals surface area (Å²) in [6.07, 6.45) is 0. The third kappa shape index (κ3) is 5.28. The lowest BCUT2D eigenvalue weighted by molar-refractivity contribution is 0.0991. The Hall–Kier alpha value is -2.91. The molecular formula is C23H26BrNO6Si. The van der Waals surface area contributed by atoms with Crippen molar-refractivity contribution < 1.29 is 28.2 Å². The monoisotopic (exact) mass is 519 g/mol. The Morgan fingerprint density at radius 1 is 0.906 bits per heavy atom. The highest BCUT2D eigenvalue weighted by Gasteiger charge is 2.21. The molecule has 0 fully saturated rings. The number of furan rings is 1. The predicted molar refractivity (Wildman–Crippen MR) is 130 cm³/mol. The number of methoxy groups -OCH3 is 3. The van der Waals surface area contributed by atoms with E-state index in [1.165, 1.54) is 26.5 Å². The highest BCUT2D eigenvalue weighted by Crippen LogP contribution is 2.39. The van der Waals surface area contributed by atoms with E-state index in [-0.39, 0.29) is 11.7 Å². The number of hydrogen-bond donors (Lipinski definition) is 1. The summed E-state index contributed by atoms with van der Waals surface area (Å²) in [5.74, 6) is 1.77. The lowest BCUT2D eigenvalue weighted by atomic mass is 10.2. The summed E-state index contributed by atoms with van der Waals surface area (Å²) in [6.45, 7) is 6.78. The number of hydrogen-bond acceptors (Lipinski definition) is 6. The Balaban J connectivity index is 1.82. The van der Waals surface area contributed by atoms with Crippen LogP contribution in [0.3, 0.4) is 0 Å². The smallest absolute Gasteiger partial charge is 0.291 e. The van der Waals surface area contributed by atoms with Crippen molar-refractivity contribution in [2.45, 2.75) is 19.6 Å². The van der Waals surface area contributed by atoms with Gasteiger partial charge in [0.1, 0.15) is 28.7 Å². The van der Waals surface area contributed by atoms with Crippen LogP contribution in [-0.2, 0) is 0 Å². The second-order valence-corrected chi connectivity index (χ2v) is 13.9. The number of nitrogens with one attached hydrogen (secondary N) is 1. The lowest BCUT2D eigenvalue weighted by Gasteiger charge is -2.18. The van der Waals surface area contributed by atoms with Gasteiger partial charge in [-0.15, -0.1) is 0 Å². The van der Waals surface area contributed by atoms with E-state index in [4.69, 9.17) is 23.4 Å². The number of carbonyl (C=O) groups is 1. The zero-order valence-corrected chi connectivity index (χ0v) is 21.5. The van der Waals surface area contributed by atoms with Gasteiger partial charge in [-0.05, 0) is 34.1 Å². The maximum atomic E-state index is 12.8. The van der Waals surface area contributed by atoms with Gasteiger partial charge in [0.25, 0.3) is 11.9 Å². The molecule has 2 aromatic carbocycles. The van der Waals surface area contributed by atoms with Crippen LogP contribution in [0.2, 0.25) is 19.6 Å². The minimum Gasteiger partial charge on any atom is -0.496 e. The summed E-state index contributed by atoms with van der Waals surface area (Å²) in [5.41, 5.74) is 0.366. The molecule has 0 aliphatic heterocycles. The fourth-order valence-electron chi connectivity index (χ4n) is 2.96. The average Bonchev–Trinajstić information content (AvgIpc) is 3.23. The van der Waals surface area contributed by atoms with Crippen molar-refractivity contribution >= 4 is 40.8 Å². The van der Waals surface area contributed by atoms with Crippen molar-refractivity contribution in [3.05, 3.63) is 52.7 Å². The van der Waals surface area contributed by atoms with Crippen molar-refractivity contribution in [3.8, 4) is 28.9 Å². The summed E-state index contributed by atoms with van der Waals surface area (Å²) < 4.78 is 28.3. The van der Waals surface area contributed by atoms with Gasteiger partial charge < -0.3 is 28.7 Å². The Bertz CT molecular complexity index is 1100. The molecule has 0 atom stereocenters. The Kier molecular flexibility index (Phi) is 7.20. The molecule has 1 amide bonds. The third-order valence-electron chi connectivity index (χ3n) is 4.77. The fraction of sp³-hybridized carbons (Fsp3) is 0.261. The van der Waals surface area contributed by atoms with Crippen LogP contribution in [0.25, 0.3) is 0 Å². The Morgan fingerprint density at radius 3 is 2.12 bits per heavy atom. The molecule has 0 aliphatic carbocycles. The number of halogens is 1. The van der Waals surface area contributed by atoms with Gasteiger partial charge in [0.2, 0.25) is 0 Å². The van der Waals surface area contributed by atoms with Gasteiger partial charge >= 0.3 is 0 Å². The van der Waals surface area contributed by atoms with E-state index < -0.39 is 14.0 Å². The molecule has 170 valence electrons. The van der Waals surface area contributed by atoms with Gasteiger partial charge in [0.05, 0.1) is 33.9 Å². The fourth-order valence-corrected chi connectivity index (χ4v) is 4.43. The molecule has 32 heavy (non-hydrogen) atoms. The number of amides is 1. The second-order valence-electron chi connectivity index (χ2n) is 7.98. The summed E-state index contributed by atoms with van der Waals surface area (Å²) in [5, 5.41) is 4.02. The van der Waals surface area contributed by atoms with E-state index in [1.54, 1.807) is 24.3 Å². The van der Waals surface area contributed by atoms with E-state index in [0.29, 0.717) is 28.7 Å². The van der Waals surface area contributed by atoms with Gasteiger partial charge in [-0.25, -0.2) is 0 Å². The summed E-state index contributed by atoms with van der Waals surface area (Å²) in [7, 11) is 3.01. The van der Waals surface area contributed by atoms with Crippen molar-refractivity contribution in [2.24, 2.45) is 0 Å².